The van der Waals surface area contributed by atoms with Crippen molar-refractivity contribution in [3.05, 3.63) is 23.3 Å². The number of allylic oxidation sites excluding steroid dienone is 3. The van der Waals surface area contributed by atoms with Crippen molar-refractivity contribution >= 4 is 11.8 Å². The minimum absolute atomic E-state index is 0.191. The zero-order chi connectivity index (χ0) is 23.3. The highest BCUT2D eigenvalue weighted by atomic mass is 32.2. The van der Waals surface area contributed by atoms with E-state index < -0.39 is 17.8 Å². The average molecular weight is 463 g/mol. The summed E-state index contributed by atoms with van der Waals surface area (Å²) in [7, 11) is 0. The van der Waals surface area contributed by atoms with E-state index >= 15 is 0 Å². The fraction of sp³-hybridized carbons (Fsp3) is 0.857. The zero-order valence-corrected chi connectivity index (χ0v) is 21.8. The fourth-order valence-electron chi connectivity index (χ4n) is 7.90. The van der Waals surface area contributed by atoms with Gasteiger partial charge in [-0.2, -0.15) is 11.8 Å². The third kappa shape index (κ3) is 4.39. The van der Waals surface area contributed by atoms with E-state index in [-0.39, 0.29) is 5.41 Å². The average Bonchev–Trinajstić information content (AvgIpc) is 3.05. The molecule has 0 radical (unpaired) electrons. The summed E-state index contributed by atoms with van der Waals surface area (Å²) in [6.45, 7) is 11.1. The second-order valence-corrected chi connectivity index (χ2v) is 13.9. The van der Waals surface area contributed by atoms with Crippen LogP contribution in [0.5, 0.6) is 0 Å². The van der Waals surface area contributed by atoms with Crippen molar-refractivity contribution in [2.45, 2.75) is 115 Å². The molecule has 3 N–H and O–H groups in total. The van der Waals surface area contributed by atoms with E-state index in [1.54, 1.807) is 5.57 Å². The molecule has 0 aromatic heterocycles. The molecule has 4 heteroatoms. The molecule has 0 spiro atoms. The van der Waals surface area contributed by atoms with Crippen LogP contribution < -0.4 is 0 Å². The molecule has 0 aliphatic heterocycles. The first kappa shape index (κ1) is 24.8. The van der Waals surface area contributed by atoms with Gasteiger partial charge in [-0.15, -0.1) is 0 Å². The van der Waals surface area contributed by atoms with E-state index in [1.165, 1.54) is 43.4 Å². The lowest BCUT2D eigenvalue weighted by atomic mass is 9.49. The Balaban J connectivity index is 1.43. The third-order valence-electron chi connectivity index (χ3n) is 9.85. The highest BCUT2D eigenvalue weighted by molar-refractivity contribution is 7.99. The van der Waals surface area contributed by atoms with Crippen molar-refractivity contribution in [1.29, 1.82) is 0 Å². The Bertz CT molecular complexity index is 752. The van der Waals surface area contributed by atoms with Gasteiger partial charge in [-0.25, -0.2) is 0 Å². The summed E-state index contributed by atoms with van der Waals surface area (Å²) in [6.07, 6.45) is 13.3. The topological polar surface area (TPSA) is 60.7 Å². The highest BCUT2D eigenvalue weighted by Crippen LogP contribution is 2.66. The Hall–Kier alpha value is -0.290. The van der Waals surface area contributed by atoms with Gasteiger partial charge in [-0.1, -0.05) is 44.1 Å². The molecule has 4 aliphatic rings. The molecule has 182 valence electrons. The van der Waals surface area contributed by atoms with Gasteiger partial charge in [0.05, 0.1) is 17.8 Å². The first-order chi connectivity index (χ1) is 15.0. The second-order valence-electron chi connectivity index (χ2n) is 12.4. The van der Waals surface area contributed by atoms with Crippen LogP contribution in [0.15, 0.2) is 23.3 Å². The van der Waals surface area contributed by atoms with Crippen LogP contribution in [-0.4, -0.2) is 44.1 Å². The predicted octanol–water partition coefficient (Wildman–Crippen LogP) is 5.88. The summed E-state index contributed by atoms with van der Waals surface area (Å²) in [6, 6.07) is 0. The van der Waals surface area contributed by atoms with Crippen LogP contribution in [0.25, 0.3) is 0 Å². The largest absolute Gasteiger partial charge is 0.393 e. The molecule has 0 unspecified atom stereocenters. The molecule has 0 amide bonds. The molecule has 32 heavy (non-hydrogen) atoms. The molecular weight excluding hydrogens is 416 g/mol. The maximum atomic E-state index is 11.1. The van der Waals surface area contributed by atoms with Gasteiger partial charge in [-0.05, 0) is 94.1 Å². The first-order valence-electron chi connectivity index (χ1n) is 13.1. The Morgan fingerprint density at radius 3 is 2.56 bits per heavy atom. The summed E-state index contributed by atoms with van der Waals surface area (Å²) in [5, 5.41) is 31.9. The van der Waals surface area contributed by atoms with Crippen molar-refractivity contribution in [2.75, 3.05) is 5.75 Å². The van der Waals surface area contributed by atoms with E-state index in [9.17, 15) is 15.3 Å². The van der Waals surface area contributed by atoms with Gasteiger partial charge in [-0.3, -0.25) is 0 Å². The standard InChI is InChI=1S/C28H46O3S/c1-18(32-15-7-6-13-26(2,3)31)22-10-11-23-21-9-8-19-16-20(29)17-25(30)28(19,5)24(21)12-14-27(22,23)4/h8-9,18,20,22-25,29-31H,6-7,10-17H2,1-5H3/t18-,20+,22+,23-,24-,25-,27+,28-/m0/s1. The summed E-state index contributed by atoms with van der Waals surface area (Å²) < 4.78 is 0. The molecule has 0 aromatic rings. The van der Waals surface area contributed by atoms with Gasteiger partial charge >= 0.3 is 0 Å². The monoisotopic (exact) mass is 462 g/mol. The number of fused-ring (bicyclic) bond motifs is 5. The van der Waals surface area contributed by atoms with E-state index in [2.05, 4.69) is 44.7 Å². The number of aliphatic hydroxyl groups is 3. The van der Waals surface area contributed by atoms with Crippen LogP contribution >= 0.6 is 11.8 Å². The van der Waals surface area contributed by atoms with Crippen molar-refractivity contribution in [1.82, 2.24) is 0 Å². The summed E-state index contributed by atoms with van der Waals surface area (Å²) in [4.78, 5) is 0. The number of unbranched alkanes of at least 4 members (excludes halogenated alkanes) is 1. The Morgan fingerprint density at radius 2 is 1.84 bits per heavy atom. The van der Waals surface area contributed by atoms with E-state index in [0.717, 1.165) is 25.2 Å². The maximum absolute atomic E-state index is 11.1. The molecular formula is C28H46O3S. The Labute approximate surface area is 200 Å². The van der Waals surface area contributed by atoms with Crippen LogP contribution in [0.2, 0.25) is 0 Å². The molecule has 0 heterocycles. The Kier molecular flexibility index (Phi) is 7.03. The zero-order valence-electron chi connectivity index (χ0n) is 20.9. The van der Waals surface area contributed by atoms with Gasteiger partial charge in [0.1, 0.15) is 0 Å². The minimum atomic E-state index is -0.538. The smallest absolute Gasteiger partial charge is 0.0661 e. The quantitative estimate of drug-likeness (QED) is 0.414. The molecule has 8 atom stereocenters. The van der Waals surface area contributed by atoms with Crippen LogP contribution in [0.4, 0.5) is 0 Å². The number of thioether (sulfide) groups is 1. The normalized spacial score (nSPS) is 42.4. The van der Waals surface area contributed by atoms with Crippen LogP contribution in [0, 0.1) is 28.6 Å². The predicted molar refractivity (Wildman–Crippen MR) is 135 cm³/mol. The lowest BCUT2D eigenvalue weighted by Crippen LogP contribution is -2.52. The van der Waals surface area contributed by atoms with Crippen LogP contribution in [-0.2, 0) is 0 Å². The molecule has 3 nitrogen and oxygen atoms in total. The maximum Gasteiger partial charge on any atom is 0.0661 e. The van der Waals surface area contributed by atoms with Gasteiger partial charge in [0.15, 0.2) is 0 Å². The molecule has 3 saturated carbocycles. The lowest BCUT2D eigenvalue weighted by Gasteiger charge is -2.56. The number of aliphatic hydroxyl groups excluding tert-OH is 2. The van der Waals surface area contributed by atoms with Gasteiger partial charge < -0.3 is 15.3 Å². The fourth-order valence-corrected chi connectivity index (χ4v) is 9.33. The number of hydrogen-bond donors (Lipinski definition) is 3. The Morgan fingerprint density at radius 1 is 1.09 bits per heavy atom. The number of rotatable bonds is 7. The van der Waals surface area contributed by atoms with E-state index in [4.69, 9.17) is 0 Å². The highest BCUT2D eigenvalue weighted by Gasteiger charge is 2.58. The van der Waals surface area contributed by atoms with Gasteiger partial charge in [0.25, 0.3) is 0 Å². The summed E-state index contributed by atoms with van der Waals surface area (Å²) in [5.41, 5.74) is 2.51. The van der Waals surface area contributed by atoms with Crippen molar-refractivity contribution in [2.24, 2.45) is 28.6 Å². The molecule has 4 aliphatic carbocycles. The minimum Gasteiger partial charge on any atom is -0.393 e. The first-order valence-corrected chi connectivity index (χ1v) is 14.1. The number of hydrogen-bond acceptors (Lipinski definition) is 4. The second kappa shape index (κ2) is 9.06. The van der Waals surface area contributed by atoms with Crippen molar-refractivity contribution < 1.29 is 15.3 Å². The summed E-state index contributed by atoms with van der Waals surface area (Å²) >= 11 is 2.15. The molecule has 3 fully saturated rings. The summed E-state index contributed by atoms with van der Waals surface area (Å²) in [5.74, 6) is 3.02. The van der Waals surface area contributed by atoms with E-state index in [1.807, 2.05) is 13.8 Å². The van der Waals surface area contributed by atoms with Crippen LogP contribution in [0.3, 0.4) is 0 Å². The van der Waals surface area contributed by atoms with Crippen molar-refractivity contribution in [3.63, 3.8) is 0 Å². The van der Waals surface area contributed by atoms with Crippen molar-refractivity contribution in [3.8, 4) is 0 Å². The molecule has 0 aromatic carbocycles. The lowest BCUT2D eigenvalue weighted by molar-refractivity contribution is -0.0526. The van der Waals surface area contributed by atoms with Gasteiger partial charge in [0.2, 0.25) is 0 Å². The molecule has 0 saturated heterocycles. The SMILES string of the molecule is C[C@H](SCCCCC(C)(C)O)[C@H]1CC[C@H]2C3=CC=C4C[C@@H](O)C[C@H](O)[C@]4(C)[C@H]3CC[C@]12C. The molecule has 4 rings (SSSR count). The third-order valence-corrected chi connectivity index (χ3v) is 11.2. The van der Waals surface area contributed by atoms with Crippen LogP contribution in [0.1, 0.15) is 92.4 Å². The van der Waals surface area contributed by atoms with E-state index in [0.29, 0.717) is 28.9 Å². The van der Waals surface area contributed by atoms with Gasteiger partial charge in [0, 0.05) is 17.1 Å². The molecule has 0 bridgehead atoms.